The molecule has 1 saturated heterocycles. The van der Waals surface area contributed by atoms with E-state index in [2.05, 4.69) is 26.0 Å². The number of hydrogen-bond donors (Lipinski definition) is 1. The number of nitrogens with two attached hydrogens (primary N) is 1. The van der Waals surface area contributed by atoms with Crippen molar-refractivity contribution in [3.05, 3.63) is 35.4 Å². The summed E-state index contributed by atoms with van der Waals surface area (Å²) in [5.74, 6) is 0.257. The molecule has 4 heteroatoms. The Labute approximate surface area is 131 Å². The van der Waals surface area contributed by atoms with Crippen LogP contribution in [0.5, 0.6) is 0 Å². The second kappa shape index (κ2) is 4.56. The molecule has 2 heterocycles. The number of ether oxygens (including phenoxy) is 1. The third kappa shape index (κ3) is 1.62. The van der Waals surface area contributed by atoms with Crippen molar-refractivity contribution < 1.29 is 9.53 Å². The standard InChI is InChI=1S/C18H24N2O2/c1-17(2)15-14(8-5-9-22-15)18(17,19)16(21)20-10-12-6-3-4-7-13(12)11-20/h3-4,6-7,14-15H,5,8-11,19H2,1-2H3. The van der Waals surface area contributed by atoms with Gasteiger partial charge >= 0.3 is 0 Å². The van der Waals surface area contributed by atoms with E-state index in [0.29, 0.717) is 13.1 Å². The molecular weight excluding hydrogens is 276 g/mol. The Morgan fingerprint density at radius 3 is 2.55 bits per heavy atom. The minimum absolute atomic E-state index is 0.0976. The van der Waals surface area contributed by atoms with Gasteiger partial charge in [-0.15, -0.1) is 0 Å². The van der Waals surface area contributed by atoms with Crippen molar-refractivity contribution in [2.45, 2.75) is 51.4 Å². The zero-order valence-corrected chi connectivity index (χ0v) is 13.3. The van der Waals surface area contributed by atoms with Gasteiger partial charge in [-0.3, -0.25) is 4.79 Å². The fourth-order valence-corrected chi connectivity index (χ4v) is 4.75. The lowest BCUT2D eigenvalue weighted by atomic mass is 9.46. The fraction of sp³-hybridized carbons (Fsp3) is 0.611. The normalized spacial score (nSPS) is 35.5. The number of fused-ring (bicyclic) bond motifs is 2. The van der Waals surface area contributed by atoms with Crippen molar-refractivity contribution in [2.24, 2.45) is 17.1 Å². The molecule has 3 aliphatic rings. The molecule has 22 heavy (non-hydrogen) atoms. The van der Waals surface area contributed by atoms with E-state index in [0.717, 1.165) is 19.4 Å². The summed E-state index contributed by atoms with van der Waals surface area (Å²) < 4.78 is 5.91. The summed E-state index contributed by atoms with van der Waals surface area (Å²) in [6.45, 7) is 6.33. The van der Waals surface area contributed by atoms with Gasteiger partial charge in [0.15, 0.2) is 0 Å². The Kier molecular flexibility index (Phi) is 2.94. The number of hydrogen-bond acceptors (Lipinski definition) is 3. The lowest BCUT2D eigenvalue weighted by molar-refractivity contribution is -0.230. The Balaban J connectivity index is 1.60. The number of nitrogens with zero attached hydrogens (tertiary/aromatic N) is 1. The van der Waals surface area contributed by atoms with Crippen LogP contribution in [0, 0.1) is 11.3 Å². The van der Waals surface area contributed by atoms with Crippen LogP contribution < -0.4 is 5.73 Å². The van der Waals surface area contributed by atoms with E-state index in [4.69, 9.17) is 10.5 Å². The van der Waals surface area contributed by atoms with Crippen molar-refractivity contribution in [3.63, 3.8) is 0 Å². The Hall–Kier alpha value is -1.39. The molecule has 3 atom stereocenters. The van der Waals surface area contributed by atoms with Crippen molar-refractivity contribution in [3.8, 4) is 0 Å². The van der Waals surface area contributed by atoms with Crippen LogP contribution in [0.15, 0.2) is 24.3 Å². The van der Waals surface area contributed by atoms with Gasteiger partial charge in [0.1, 0.15) is 5.54 Å². The number of carbonyl (C=O) groups excluding carboxylic acids is 1. The molecule has 0 spiro atoms. The van der Waals surface area contributed by atoms with Crippen molar-refractivity contribution in [1.29, 1.82) is 0 Å². The molecular formula is C18H24N2O2. The van der Waals surface area contributed by atoms with E-state index < -0.39 is 5.54 Å². The minimum atomic E-state index is -0.792. The highest BCUT2D eigenvalue weighted by molar-refractivity contribution is 5.90. The van der Waals surface area contributed by atoms with Crippen LogP contribution in [0.25, 0.3) is 0 Å². The van der Waals surface area contributed by atoms with Crippen molar-refractivity contribution in [1.82, 2.24) is 4.90 Å². The fourth-order valence-electron chi connectivity index (χ4n) is 4.75. The maximum absolute atomic E-state index is 13.2. The summed E-state index contributed by atoms with van der Waals surface area (Å²) in [4.78, 5) is 15.2. The highest BCUT2D eigenvalue weighted by Gasteiger charge is 2.70. The lowest BCUT2D eigenvalue weighted by Gasteiger charge is -2.65. The van der Waals surface area contributed by atoms with Gasteiger partial charge in [0, 0.05) is 31.0 Å². The second-order valence-electron chi connectivity index (χ2n) is 7.56. The molecule has 0 aromatic heterocycles. The van der Waals surface area contributed by atoms with Gasteiger partial charge in [-0.25, -0.2) is 0 Å². The molecule has 0 radical (unpaired) electrons. The SMILES string of the molecule is CC1(C)C2OCCCC2C1(N)C(=O)N1Cc2ccccc2C1. The maximum atomic E-state index is 13.2. The summed E-state index contributed by atoms with van der Waals surface area (Å²) in [7, 11) is 0. The zero-order valence-electron chi connectivity index (χ0n) is 13.3. The van der Waals surface area contributed by atoms with E-state index in [-0.39, 0.29) is 23.3 Å². The number of rotatable bonds is 1. The Morgan fingerprint density at radius 1 is 1.27 bits per heavy atom. The lowest BCUT2D eigenvalue weighted by Crippen LogP contribution is -2.82. The van der Waals surface area contributed by atoms with Gasteiger partial charge in [-0.2, -0.15) is 0 Å². The summed E-state index contributed by atoms with van der Waals surface area (Å²) in [5, 5.41) is 0. The monoisotopic (exact) mass is 300 g/mol. The van der Waals surface area contributed by atoms with E-state index in [1.807, 2.05) is 17.0 Å². The van der Waals surface area contributed by atoms with Crippen LogP contribution >= 0.6 is 0 Å². The first-order chi connectivity index (χ1) is 10.5. The Bertz CT molecular complexity index is 602. The van der Waals surface area contributed by atoms with Gasteiger partial charge in [0.05, 0.1) is 6.10 Å². The second-order valence-corrected chi connectivity index (χ2v) is 7.56. The Morgan fingerprint density at radius 2 is 1.91 bits per heavy atom. The molecule has 4 nitrogen and oxygen atoms in total. The summed E-state index contributed by atoms with van der Waals surface area (Å²) >= 11 is 0. The van der Waals surface area contributed by atoms with Gasteiger partial charge in [-0.05, 0) is 24.0 Å². The molecule has 2 aliphatic heterocycles. The average molecular weight is 300 g/mol. The predicted molar refractivity (Wildman–Crippen MR) is 83.9 cm³/mol. The third-order valence-corrected chi connectivity index (χ3v) is 6.17. The van der Waals surface area contributed by atoms with Crippen molar-refractivity contribution in [2.75, 3.05) is 6.61 Å². The van der Waals surface area contributed by atoms with Crippen LogP contribution in [0.2, 0.25) is 0 Å². The van der Waals surface area contributed by atoms with E-state index in [1.165, 1.54) is 11.1 Å². The van der Waals surface area contributed by atoms with Gasteiger partial charge in [0.25, 0.3) is 0 Å². The largest absolute Gasteiger partial charge is 0.377 e. The van der Waals surface area contributed by atoms with E-state index in [1.54, 1.807) is 0 Å². The minimum Gasteiger partial charge on any atom is -0.377 e. The zero-order chi connectivity index (χ0) is 15.5. The predicted octanol–water partition coefficient (Wildman–Crippen LogP) is 2.06. The smallest absolute Gasteiger partial charge is 0.244 e. The highest BCUT2D eigenvalue weighted by atomic mass is 16.5. The number of carbonyl (C=O) groups is 1. The first kappa shape index (κ1) is 14.2. The molecule has 1 amide bonds. The first-order valence-electron chi connectivity index (χ1n) is 8.23. The molecule has 118 valence electrons. The van der Waals surface area contributed by atoms with Crippen LogP contribution in [0.3, 0.4) is 0 Å². The molecule has 1 aromatic rings. The molecule has 1 aliphatic carbocycles. The molecule has 2 N–H and O–H groups in total. The topological polar surface area (TPSA) is 55.6 Å². The molecule has 0 bridgehead atoms. The number of amides is 1. The molecule has 2 fully saturated rings. The first-order valence-corrected chi connectivity index (χ1v) is 8.23. The molecule has 4 rings (SSSR count). The number of benzene rings is 1. The third-order valence-electron chi connectivity index (χ3n) is 6.17. The molecule has 1 saturated carbocycles. The quantitative estimate of drug-likeness (QED) is 0.864. The van der Waals surface area contributed by atoms with Gasteiger partial charge < -0.3 is 15.4 Å². The average Bonchev–Trinajstić information content (AvgIpc) is 2.97. The summed E-state index contributed by atoms with van der Waals surface area (Å²) in [6.07, 6.45) is 2.13. The van der Waals surface area contributed by atoms with E-state index in [9.17, 15) is 4.79 Å². The van der Waals surface area contributed by atoms with Gasteiger partial charge in [-0.1, -0.05) is 38.1 Å². The van der Waals surface area contributed by atoms with Crippen molar-refractivity contribution >= 4 is 5.91 Å². The molecule has 1 aromatic carbocycles. The molecule has 3 unspecified atom stereocenters. The van der Waals surface area contributed by atoms with Crippen LogP contribution in [0.1, 0.15) is 37.8 Å². The summed E-state index contributed by atoms with van der Waals surface area (Å²) in [6, 6.07) is 8.26. The van der Waals surface area contributed by atoms with E-state index >= 15 is 0 Å². The van der Waals surface area contributed by atoms with Crippen LogP contribution in [-0.2, 0) is 22.6 Å². The van der Waals surface area contributed by atoms with Crippen LogP contribution in [-0.4, -0.2) is 29.1 Å². The summed E-state index contributed by atoms with van der Waals surface area (Å²) in [5.41, 5.74) is 8.12. The van der Waals surface area contributed by atoms with Crippen LogP contribution in [0.4, 0.5) is 0 Å². The van der Waals surface area contributed by atoms with Gasteiger partial charge in [0.2, 0.25) is 5.91 Å². The highest BCUT2D eigenvalue weighted by Crippen LogP contribution is 2.58. The maximum Gasteiger partial charge on any atom is 0.244 e.